The van der Waals surface area contributed by atoms with E-state index in [0.29, 0.717) is 6.73 Å². The number of nitrogens with zero attached hydrogens (tertiary/aromatic N) is 3. The first-order valence-electron chi connectivity index (χ1n) is 6.99. The Kier molecular flexibility index (Phi) is 4.72. The van der Waals surface area contributed by atoms with E-state index < -0.39 is 8.07 Å². The van der Waals surface area contributed by atoms with Crippen LogP contribution in [-0.2, 0) is 11.5 Å². The minimum absolute atomic E-state index is 0.476. The van der Waals surface area contributed by atoms with Gasteiger partial charge in [-0.05, 0) is 13.0 Å². The fourth-order valence-corrected chi connectivity index (χ4v) is 2.51. The Balaban J connectivity index is 1.88. The van der Waals surface area contributed by atoms with Gasteiger partial charge in [0.1, 0.15) is 12.4 Å². The summed E-state index contributed by atoms with van der Waals surface area (Å²) in [5, 5.41) is 8.29. The molecule has 0 spiro atoms. The summed E-state index contributed by atoms with van der Waals surface area (Å²) in [6.45, 7) is 10.4. The van der Waals surface area contributed by atoms with Crippen LogP contribution in [0.4, 0.5) is 0 Å². The molecular weight excluding hydrogens is 266 g/mol. The molecule has 108 valence electrons. The van der Waals surface area contributed by atoms with E-state index in [9.17, 15) is 0 Å². The fraction of sp³-hybridized carbons (Fsp3) is 0.467. The molecular formula is C15H23N3OSi. The Morgan fingerprint density at radius 2 is 1.85 bits per heavy atom. The van der Waals surface area contributed by atoms with Crippen LogP contribution >= 0.6 is 0 Å². The lowest BCUT2D eigenvalue weighted by Gasteiger charge is -2.15. The van der Waals surface area contributed by atoms with Crippen LogP contribution in [-0.4, -0.2) is 29.7 Å². The van der Waals surface area contributed by atoms with Gasteiger partial charge in [0.05, 0.1) is 6.20 Å². The number of benzene rings is 1. The van der Waals surface area contributed by atoms with E-state index in [1.807, 2.05) is 6.20 Å². The highest BCUT2D eigenvalue weighted by molar-refractivity contribution is 6.76. The van der Waals surface area contributed by atoms with E-state index in [4.69, 9.17) is 4.74 Å². The summed E-state index contributed by atoms with van der Waals surface area (Å²) >= 11 is 0. The zero-order valence-electron chi connectivity index (χ0n) is 12.8. The lowest BCUT2D eigenvalue weighted by molar-refractivity contribution is 0.0772. The van der Waals surface area contributed by atoms with Crippen molar-refractivity contribution in [3.8, 4) is 11.3 Å². The average molecular weight is 289 g/mol. The molecule has 5 heteroatoms. The Morgan fingerprint density at radius 1 is 1.15 bits per heavy atom. The average Bonchev–Trinajstić information content (AvgIpc) is 2.83. The molecule has 2 rings (SSSR count). The molecule has 0 aliphatic rings. The van der Waals surface area contributed by atoms with Crippen LogP contribution in [0.5, 0.6) is 0 Å². The van der Waals surface area contributed by atoms with Crippen molar-refractivity contribution in [2.24, 2.45) is 0 Å². The van der Waals surface area contributed by atoms with Gasteiger partial charge in [-0.15, -0.1) is 5.10 Å². The molecule has 0 saturated carbocycles. The molecule has 0 radical (unpaired) electrons. The SMILES string of the molecule is Cc1ccc(-c2cn(COCC[Si](C)(C)C)nn2)cc1. The fourth-order valence-electron chi connectivity index (χ4n) is 1.75. The minimum atomic E-state index is -1.02. The van der Waals surface area contributed by atoms with E-state index in [1.165, 1.54) is 11.6 Å². The molecule has 0 bridgehead atoms. The van der Waals surface area contributed by atoms with E-state index in [-0.39, 0.29) is 0 Å². The highest BCUT2D eigenvalue weighted by atomic mass is 28.3. The first-order chi connectivity index (χ1) is 9.44. The van der Waals surface area contributed by atoms with Crippen LogP contribution in [0, 0.1) is 6.92 Å². The smallest absolute Gasteiger partial charge is 0.141 e. The van der Waals surface area contributed by atoms with E-state index in [0.717, 1.165) is 17.9 Å². The van der Waals surface area contributed by atoms with Gasteiger partial charge in [0.2, 0.25) is 0 Å². The van der Waals surface area contributed by atoms with Gasteiger partial charge in [0.15, 0.2) is 0 Å². The molecule has 1 heterocycles. The third-order valence-corrected chi connectivity index (χ3v) is 4.81. The van der Waals surface area contributed by atoms with Crippen molar-refractivity contribution in [3.63, 3.8) is 0 Å². The van der Waals surface area contributed by atoms with Gasteiger partial charge in [0, 0.05) is 20.2 Å². The summed E-state index contributed by atoms with van der Waals surface area (Å²) < 4.78 is 7.41. The third-order valence-electron chi connectivity index (χ3n) is 3.11. The van der Waals surface area contributed by atoms with Crippen LogP contribution in [0.1, 0.15) is 5.56 Å². The molecule has 20 heavy (non-hydrogen) atoms. The number of rotatable bonds is 6. The number of aromatic nitrogens is 3. The molecule has 0 saturated heterocycles. The van der Waals surface area contributed by atoms with Gasteiger partial charge in [-0.1, -0.05) is 54.7 Å². The largest absolute Gasteiger partial charge is 0.359 e. The quantitative estimate of drug-likeness (QED) is 0.603. The van der Waals surface area contributed by atoms with Gasteiger partial charge in [-0.3, -0.25) is 0 Å². The van der Waals surface area contributed by atoms with Gasteiger partial charge in [0.25, 0.3) is 0 Å². The van der Waals surface area contributed by atoms with Crippen LogP contribution in [0.3, 0.4) is 0 Å². The lowest BCUT2D eigenvalue weighted by Crippen LogP contribution is -2.22. The molecule has 1 aromatic carbocycles. The Hall–Kier alpha value is -1.46. The van der Waals surface area contributed by atoms with Crippen LogP contribution in [0.2, 0.25) is 25.7 Å². The highest BCUT2D eigenvalue weighted by Gasteiger charge is 2.12. The second kappa shape index (κ2) is 6.32. The number of hydrogen-bond donors (Lipinski definition) is 0. The Morgan fingerprint density at radius 3 is 2.50 bits per heavy atom. The zero-order valence-corrected chi connectivity index (χ0v) is 13.8. The maximum atomic E-state index is 5.66. The molecule has 0 N–H and O–H groups in total. The maximum Gasteiger partial charge on any atom is 0.141 e. The molecule has 0 atom stereocenters. The van der Waals surface area contributed by atoms with Gasteiger partial charge < -0.3 is 4.74 Å². The molecule has 0 amide bonds. The standard InChI is InChI=1S/C15H23N3OSi/c1-13-5-7-14(8-6-13)15-11-18(17-16-15)12-19-9-10-20(2,3)4/h5-8,11H,9-10,12H2,1-4H3. The molecule has 1 aromatic heterocycles. The van der Waals surface area contributed by atoms with Crippen molar-refractivity contribution in [3.05, 3.63) is 36.0 Å². The highest BCUT2D eigenvalue weighted by Crippen LogP contribution is 2.16. The van der Waals surface area contributed by atoms with Crippen molar-refractivity contribution >= 4 is 8.07 Å². The van der Waals surface area contributed by atoms with Crippen molar-refractivity contribution in [1.29, 1.82) is 0 Å². The zero-order chi connectivity index (χ0) is 14.6. The topological polar surface area (TPSA) is 39.9 Å². The predicted molar refractivity (Wildman–Crippen MR) is 84.3 cm³/mol. The van der Waals surface area contributed by atoms with Crippen molar-refractivity contribution in [2.45, 2.75) is 39.3 Å². The van der Waals surface area contributed by atoms with E-state index in [2.05, 4.69) is 61.1 Å². The third kappa shape index (κ3) is 4.58. The second-order valence-electron chi connectivity index (χ2n) is 6.36. The monoisotopic (exact) mass is 289 g/mol. The van der Waals surface area contributed by atoms with Crippen molar-refractivity contribution in [2.75, 3.05) is 6.61 Å². The van der Waals surface area contributed by atoms with Crippen LogP contribution in [0.25, 0.3) is 11.3 Å². The Labute approximate surface area is 121 Å². The van der Waals surface area contributed by atoms with Crippen molar-refractivity contribution < 1.29 is 4.74 Å². The molecule has 4 nitrogen and oxygen atoms in total. The summed E-state index contributed by atoms with van der Waals surface area (Å²) in [6.07, 6.45) is 1.93. The van der Waals surface area contributed by atoms with Crippen molar-refractivity contribution in [1.82, 2.24) is 15.0 Å². The molecule has 0 fully saturated rings. The van der Waals surface area contributed by atoms with Gasteiger partial charge >= 0.3 is 0 Å². The van der Waals surface area contributed by atoms with Gasteiger partial charge in [-0.25, -0.2) is 4.68 Å². The van der Waals surface area contributed by atoms with E-state index >= 15 is 0 Å². The molecule has 0 aliphatic heterocycles. The number of ether oxygens (including phenoxy) is 1. The maximum absolute atomic E-state index is 5.66. The lowest BCUT2D eigenvalue weighted by atomic mass is 10.1. The van der Waals surface area contributed by atoms with E-state index in [1.54, 1.807) is 4.68 Å². The van der Waals surface area contributed by atoms with Crippen LogP contribution < -0.4 is 0 Å². The molecule has 0 aliphatic carbocycles. The predicted octanol–water partition coefficient (Wildman–Crippen LogP) is 3.57. The summed E-state index contributed by atoms with van der Waals surface area (Å²) in [5.41, 5.74) is 3.22. The normalized spacial score (nSPS) is 11.8. The first-order valence-corrected chi connectivity index (χ1v) is 10.7. The summed E-state index contributed by atoms with van der Waals surface area (Å²) in [4.78, 5) is 0. The number of hydrogen-bond acceptors (Lipinski definition) is 3. The summed E-state index contributed by atoms with van der Waals surface area (Å²) in [5.74, 6) is 0. The first kappa shape index (κ1) is 14.9. The number of aryl methyl sites for hydroxylation is 1. The summed E-state index contributed by atoms with van der Waals surface area (Å²) in [6, 6.07) is 9.47. The van der Waals surface area contributed by atoms with Gasteiger partial charge in [-0.2, -0.15) is 0 Å². The van der Waals surface area contributed by atoms with Crippen LogP contribution in [0.15, 0.2) is 30.5 Å². The second-order valence-corrected chi connectivity index (χ2v) is 12.0. The molecule has 0 unspecified atom stereocenters. The Bertz CT molecular complexity index is 543. The molecule has 2 aromatic rings. The summed E-state index contributed by atoms with van der Waals surface area (Å²) in [7, 11) is -1.02. The minimum Gasteiger partial charge on any atom is -0.359 e.